The number of carbonyl (C=O) groups is 1. The molecule has 1 aromatic carbocycles. The minimum atomic E-state index is -0.0231. The quantitative estimate of drug-likeness (QED) is 0.807. The van der Waals surface area contributed by atoms with Crippen LogP contribution in [0.5, 0.6) is 0 Å². The fourth-order valence-electron chi connectivity index (χ4n) is 1.85. The van der Waals surface area contributed by atoms with Crippen LogP contribution in [0.3, 0.4) is 0 Å². The van der Waals surface area contributed by atoms with Gasteiger partial charge in [0.1, 0.15) is 0 Å². The molecular formula is C13H17BrClNO. The van der Waals surface area contributed by atoms with Crippen LogP contribution < -0.4 is 0 Å². The molecule has 1 amide bonds. The molecule has 94 valence electrons. The third-order valence-corrected chi connectivity index (χ3v) is 3.79. The lowest BCUT2D eigenvalue weighted by Gasteiger charge is -2.26. The molecule has 0 aliphatic rings. The topological polar surface area (TPSA) is 20.3 Å². The first kappa shape index (κ1) is 14.5. The van der Waals surface area contributed by atoms with Crippen LogP contribution in [-0.2, 0) is 0 Å². The van der Waals surface area contributed by atoms with Gasteiger partial charge in [0.25, 0.3) is 5.91 Å². The molecule has 0 heterocycles. The number of amides is 1. The second kappa shape index (κ2) is 6.41. The Bertz CT molecular complexity index is 404. The fraction of sp³-hybridized carbons (Fsp3) is 0.462. The van der Waals surface area contributed by atoms with Crippen molar-refractivity contribution in [1.82, 2.24) is 4.90 Å². The Morgan fingerprint density at radius 1 is 1.41 bits per heavy atom. The lowest BCUT2D eigenvalue weighted by molar-refractivity contribution is 0.0724. The zero-order chi connectivity index (χ0) is 13.0. The van der Waals surface area contributed by atoms with Crippen LogP contribution in [0.1, 0.15) is 37.0 Å². The molecule has 0 aromatic heterocycles. The van der Waals surface area contributed by atoms with Gasteiger partial charge in [-0.15, -0.1) is 0 Å². The number of hydrogen-bond acceptors (Lipinski definition) is 1. The van der Waals surface area contributed by atoms with Crippen molar-refractivity contribution in [2.24, 2.45) is 0 Å². The number of nitrogens with zero attached hydrogens (tertiary/aromatic N) is 1. The standard InChI is InChI=1S/C13H17BrClNO/c1-4-10(5-2)16(3)13(17)11-8-9(14)6-7-12(11)15/h6-8,10H,4-5H2,1-3H3. The first-order valence-corrected chi connectivity index (χ1v) is 6.90. The van der Waals surface area contributed by atoms with Crippen molar-refractivity contribution in [1.29, 1.82) is 0 Å². The first-order valence-electron chi connectivity index (χ1n) is 5.73. The van der Waals surface area contributed by atoms with Crippen molar-refractivity contribution in [2.45, 2.75) is 32.7 Å². The van der Waals surface area contributed by atoms with Crippen LogP contribution in [0, 0.1) is 0 Å². The van der Waals surface area contributed by atoms with Crippen LogP contribution in [0.25, 0.3) is 0 Å². The molecule has 1 rings (SSSR count). The van der Waals surface area contributed by atoms with Gasteiger partial charge < -0.3 is 4.90 Å². The van der Waals surface area contributed by atoms with E-state index in [1.165, 1.54) is 0 Å². The SMILES string of the molecule is CCC(CC)N(C)C(=O)c1cc(Br)ccc1Cl. The molecule has 0 fully saturated rings. The zero-order valence-corrected chi connectivity index (χ0v) is 12.7. The molecule has 0 radical (unpaired) electrons. The molecule has 0 aliphatic carbocycles. The number of rotatable bonds is 4. The Balaban J connectivity index is 2.99. The van der Waals surface area contributed by atoms with E-state index in [4.69, 9.17) is 11.6 Å². The average Bonchev–Trinajstić information content (AvgIpc) is 2.32. The summed E-state index contributed by atoms with van der Waals surface area (Å²) in [4.78, 5) is 14.1. The number of carbonyl (C=O) groups excluding carboxylic acids is 1. The fourth-order valence-corrected chi connectivity index (χ4v) is 2.41. The Morgan fingerprint density at radius 3 is 2.53 bits per heavy atom. The summed E-state index contributed by atoms with van der Waals surface area (Å²) in [6.45, 7) is 4.17. The molecular weight excluding hydrogens is 302 g/mol. The highest BCUT2D eigenvalue weighted by atomic mass is 79.9. The van der Waals surface area contributed by atoms with Gasteiger partial charge >= 0.3 is 0 Å². The van der Waals surface area contributed by atoms with Gasteiger partial charge in [-0.05, 0) is 31.0 Å². The largest absolute Gasteiger partial charge is 0.339 e. The van der Waals surface area contributed by atoms with Gasteiger partial charge in [-0.3, -0.25) is 4.79 Å². The van der Waals surface area contributed by atoms with Crippen molar-refractivity contribution >= 4 is 33.4 Å². The third-order valence-electron chi connectivity index (χ3n) is 2.97. The van der Waals surface area contributed by atoms with E-state index >= 15 is 0 Å². The molecule has 2 nitrogen and oxygen atoms in total. The van der Waals surface area contributed by atoms with Crippen molar-refractivity contribution in [3.05, 3.63) is 33.3 Å². The van der Waals surface area contributed by atoms with Gasteiger partial charge in [-0.1, -0.05) is 41.4 Å². The van der Waals surface area contributed by atoms with Gasteiger partial charge in [0.05, 0.1) is 10.6 Å². The molecule has 0 bridgehead atoms. The van der Waals surface area contributed by atoms with Gasteiger partial charge in [0.2, 0.25) is 0 Å². The van der Waals surface area contributed by atoms with E-state index in [1.807, 2.05) is 13.1 Å². The minimum absolute atomic E-state index is 0.0231. The summed E-state index contributed by atoms with van der Waals surface area (Å²) in [7, 11) is 1.83. The summed E-state index contributed by atoms with van der Waals surface area (Å²) in [5.41, 5.74) is 0.551. The molecule has 1 aromatic rings. The highest BCUT2D eigenvalue weighted by Crippen LogP contribution is 2.23. The molecule has 0 aliphatic heterocycles. The summed E-state index contributed by atoms with van der Waals surface area (Å²) < 4.78 is 0.864. The van der Waals surface area contributed by atoms with Crippen molar-refractivity contribution in [2.75, 3.05) is 7.05 Å². The molecule has 0 saturated carbocycles. The zero-order valence-electron chi connectivity index (χ0n) is 10.3. The Morgan fingerprint density at radius 2 is 2.00 bits per heavy atom. The lowest BCUT2D eigenvalue weighted by atomic mass is 10.1. The predicted octanol–water partition coefficient (Wildman–Crippen LogP) is 4.36. The lowest BCUT2D eigenvalue weighted by Crippen LogP contribution is -2.36. The van der Waals surface area contributed by atoms with Gasteiger partial charge in [-0.2, -0.15) is 0 Å². The van der Waals surface area contributed by atoms with Gasteiger partial charge in [0, 0.05) is 17.6 Å². The van der Waals surface area contributed by atoms with Crippen molar-refractivity contribution < 1.29 is 4.79 Å². The van der Waals surface area contributed by atoms with E-state index in [0.717, 1.165) is 17.3 Å². The van der Waals surface area contributed by atoms with Crippen LogP contribution in [0.15, 0.2) is 22.7 Å². The normalized spacial score (nSPS) is 10.7. The summed E-state index contributed by atoms with van der Waals surface area (Å²) in [6.07, 6.45) is 1.90. The van der Waals surface area contributed by atoms with E-state index in [0.29, 0.717) is 10.6 Å². The van der Waals surface area contributed by atoms with E-state index < -0.39 is 0 Å². The molecule has 0 N–H and O–H groups in total. The smallest absolute Gasteiger partial charge is 0.255 e. The predicted molar refractivity (Wildman–Crippen MR) is 75.6 cm³/mol. The summed E-state index contributed by atoms with van der Waals surface area (Å²) >= 11 is 9.41. The Labute approximate surface area is 116 Å². The number of benzene rings is 1. The monoisotopic (exact) mass is 317 g/mol. The van der Waals surface area contributed by atoms with Crippen LogP contribution in [-0.4, -0.2) is 23.9 Å². The molecule has 0 saturated heterocycles. The molecule has 0 unspecified atom stereocenters. The highest BCUT2D eigenvalue weighted by molar-refractivity contribution is 9.10. The van der Waals surface area contributed by atoms with E-state index in [1.54, 1.807) is 17.0 Å². The summed E-state index contributed by atoms with van der Waals surface area (Å²) in [5.74, 6) is -0.0231. The molecule has 17 heavy (non-hydrogen) atoms. The number of halogens is 2. The summed E-state index contributed by atoms with van der Waals surface area (Å²) in [5, 5.41) is 0.496. The Hall–Kier alpha value is -0.540. The second-order valence-electron chi connectivity index (χ2n) is 4.01. The maximum atomic E-state index is 12.3. The first-order chi connectivity index (χ1) is 8.01. The third kappa shape index (κ3) is 3.46. The maximum Gasteiger partial charge on any atom is 0.255 e. The van der Waals surface area contributed by atoms with Crippen LogP contribution in [0.4, 0.5) is 0 Å². The Kier molecular flexibility index (Phi) is 5.47. The average molecular weight is 319 g/mol. The van der Waals surface area contributed by atoms with Gasteiger partial charge in [-0.25, -0.2) is 0 Å². The molecule has 0 atom stereocenters. The van der Waals surface area contributed by atoms with Gasteiger partial charge in [0.15, 0.2) is 0 Å². The van der Waals surface area contributed by atoms with E-state index in [-0.39, 0.29) is 11.9 Å². The van der Waals surface area contributed by atoms with Crippen molar-refractivity contribution in [3.8, 4) is 0 Å². The highest BCUT2D eigenvalue weighted by Gasteiger charge is 2.20. The molecule has 0 spiro atoms. The van der Waals surface area contributed by atoms with Crippen LogP contribution >= 0.6 is 27.5 Å². The molecule has 4 heteroatoms. The van der Waals surface area contributed by atoms with Crippen molar-refractivity contribution in [3.63, 3.8) is 0 Å². The minimum Gasteiger partial charge on any atom is -0.339 e. The van der Waals surface area contributed by atoms with Crippen LogP contribution in [0.2, 0.25) is 5.02 Å². The summed E-state index contributed by atoms with van der Waals surface area (Å²) in [6, 6.07) is 5.59. The number of hydrogen-bond donors (Lipinski definition) is 0. The maximum absolute atomic E-state index is 12.3. The second-order valence-corrected chi connectivity index (χ2v) is 5.33. The van der Waals surface area contributed by atoms with E-state index in [9.17, 15) is 4.79 Å². The van der Waals surface area contributed by atoms with E-state index in [2.05, 4.69) is 29.8 Å².